The molecule has 0 heterocycles. The molecule has 0 aromatic heterocycles. The Morgan fingerprint density at radius 2 is 1.89 bits per heavy atom. The Labute approximate surface area is 104 Å². The van der Waals surface area contributed by atoms with Gasteiger partial charge >= 0.3 is 0 Å². The molecule has 0 bridgehead atoms. The molecule has 18 heavy (non-hydrogen) atoms. The maximum atomic E-state index is 8.67. The maximum absolute atomic E-state index is 8.67. The topological polar surface area (TPSA) is 133 Å². The Morgan fingerprint density at radius 3 is 2.33 bits per heavy atom. The molecule has 1 rings (SSSR count). The Morgan fingerprint density at radius 1 is 1.28 bits per heavy atom. The second kappa shape index (κ2) is 5.96. The van der Waals surface area contributed by atoms with Crippen LogP contribution in [-0.4, -0.2) is 17.9 Å². The highest BCUT2D eigenvalue weighted by molar-refractivity contribution is 6.37. The van der Waals surface area contributed by atoms with E-state index in [2.05, 4.69) is 5.32 Å². The molecule has 0 atom stereocenters. The van der Waals surface area contributed by atoms with Crippen molar-refractivity contribution in [2.45, 2.75) is 0 Å². The van der Waals surface area contributed by atoms with E-state index in [-0.39, 0.29) is 11.7 Å². The van der Waals surface area contributed by atoms with E-state index in [0.29, 0.717) is 11.1 Å². The van der Waals surface area contributed by atoms with E-state index >= 15 is 0 Å². The third kappa shape index (κ3) is 3.28. The summed E-state index contributed by atoms with van der Waals surface area (Å²) in [4.78, 5) is 0. The van der Waals surface area contributed by atoms with Gasteiger partial charge in [0.05, 0.1) is 11.6 Å². The second-order valence-corrected chi connectivity index (χ2v) is 3.37. The molecular weight excluding hydrogens is 228 g/mol. The van der Waals surface area contributed by atoms with Gasteiger partial charge in [-0.3, -0.25) is 10.8 Å². The summed E-state index contributed by atoms with van der Waals surface area (Å²) in [6.45, 7) is 0. The minimum atomic E-state index is -0.379. The van der Waals surface area contributed by atoms with E-state index in [1.807, 2.05) is 6.07 Å². The summed E-state index contributed by atoms with van der Waals surface area (Å²) in [6, 6.07) is 8.69. The van der Waals surface area contributed by atoms with E-state index in [0.717, 1.165) is 11.8 Å². The maximum Gasteiger partial charge on any atom is 0.164 e. The Hall–Kier alpha value is -2.94. The number of amidine groups is 2. The van der Waals surface area contributed by atoms with Crippen LogP contribution in [0.4, 0.5) is 0 Å². The molecule has 0 amide bonds. The molecule has 6 heteroatoms. The molecule has 0 spiro atoms. The Kier molecular flexibility index (Phi) is 4.35. The minimum absolute atomic E-state index is 0.233. The summed E-state index contributed by atoms with van der Waals surface area (Å²) < 4.78 is 0. The fourth-order valence-corrected chi connectivity index (χ4v) is 1.17. The summed E-state index contributed by atoms with van der Waals surface area (Å²) in [5, 5.41) is 32.8. The Balaban J connectivity index is 2.92. The van der Waals surface area contributed by atoms with E-state index in [1.54, 1.807) is 24.3 Å². The number of nitrogens with two attached hydrogens (primary N) is 1. The van der Waals surface area contributed by atoms with Gasteiger partial charge in [-0.2, -0.15) is 5.26 Å². The van der Waals surface area contributed by atoms with Crippen molar-refractivity contribution >= 4 is 23.5 Å². The molecule has 0 aliphatic heterocycles. The van der Waals surface area contributed by atoms with Crippen molar-refractivity contribution in [1.29, 1.82) is 21.5 Å². The van der Waals surface area contributed by atoms with Gasteiger partial charge in [0.15, 0.2) is 11.7 Å². The molecule has 1 aromatic carbocycles. The van der Waals surface area contributed by atoms with Crippen LogP contribution in [0.1, 0.15) is 11.1 Å². The van der Waals surface area contributed by atoms with E-state index < -0.39 is 0 Å². The van der Waals surface area contributed by atoms with Gasteiger partial charge in [0.25, 0.3) is 0 Å². The van der Waals surface area contributed by atoms with Crippen molar-refractivity contribution in [2.75, 3.05) is 0 Å². The lowest BCUT2D eigenvalue weighted by atomic mass is 10.1. The largest absolute Gasteiger partial charge is 0.381 e. The van der Waals surface area contributed by atoms with Crippen molar-refractivity contribution in [3.05, 3.63) is 41.6 Å². The molecule has 0 aliphatic carbocycles. The SMILES string of the molecule is N#Cc1ccc(/C(C=N)=C/NC(=N)C(=N)N)cc1. The Bertz CT molecular complexity index is 547. The number of rotatable bonds is 3. The molecule has 1 aromatic rings. The molecule has 0 radical (unpaired) electrons. The van der Waals surface area contributed by atoms with Crippen molar-refractivity contribution in [3.8, 4) is 6.07 Å². The molecule has 0 unspecified atom stereocenters. The number of nitrogens with zero attached hydrogens (tertiary/aromatic N) is 1. The van der Waals surface area contributed by atoms with Gasteiger partial charge < -0.3 is 16.5 Å². The first kappa shape index (κ1) is 13.1. The van der Waals surface area contributed by atoms with E-state index in [9.17, 15) is 0 Å². The molecule has 6 nitrogen and oxygen atoms in total. The van der Waals surface area contributed by atoms with Crippen LogP contribution >= 0.6 is 0 Å². The summed E-state index contributed by atoms with van der Waals surface area (Å²) in [5.41, 5.74) is 6.90. The third-order valence-electron chi connectivity index (χ3n) is 2.14. The van der Waals surface area contributed by atoms with Crippen molar-refractivity contribution < 1.29 is 0 Å². The summed E-state index contributed by atoms with van der Waals surface area (Å²) in [6.07, 6.45) is 2.53. The van der Waals surface area contributed by atoms with Crippen molar-refractivity contribution in [2.24, 2.45) is 5.73 Å². The molecule has 90 valence electrons. The lowest BCUT2D eigenvalue weighted by molar-refractivity contribution is 1.24. The van der Waals surface area contributed by atoms with Gasteiger partial charge in [0.1, 0.15) is 0 Å². The standard InChI is InChI=1S/C12H12N6/c13-5-8-1-3-9(4-2-8)10(6-14)7-18-12(17)11(15)16/h1-4,6-7,14H,(H3,15,16)(H2,17,18)/b10-7+,14-6?. The zero-order valence-corrected chi connectivity index (χ0v) is 9.49. The predicted molar refractivity (Wildman–Crippen MR) is 70.7 cm³/mol. The highest BCUT2D eigenvalue weighted by atomic mass is 15.0. The van der Waals surface area contributed by atoms with Crippen molar-refractivity contribution in [3.63, 3.8) is 0 Å². The van der Waals surface area contributed by atoms with Gasteiger partial charge in [0.2, 0.25) is 0 Å². The molecule has 0 fully saturated rings. The first-order valence-electron chi connectivity index (χ1n) is 4.99. The normalized spacial score (nSPS) is 10.3. The van der Waals surface area contributed by atoms with Crippen LogP contribution in [-0.2, 0) is 0 Å². The van der Waals surface area contributed by atoms with Gasteiger partial charge in [-0.15, -0.1) is 0 Å². The van der Waals surface area contributed by atoms with E-state index in [1.165, 1.54) is 6.20 Å². The van der Waals surface area contributed by atoms with Crippen LogP contribution in [0.3, 0.4) is 0 Å². The summed E-state index contributed by atoms with van der Waals surface area (Å²) >= 11 is 0. The van der Waals surface area contributed by atoms with Crippen LogP contribution in [0.25, 0.3) is 5.57 Å². The van der Waals surface area contributed by atoms with Gasteiger partial charge in [0, 0.05) is 18.0 Å². The number of hydrogen-bond donors (Lipinski definition) is 5. The average Bonchev–Trinajstić information content (AvgIpc) is 2.39. The summed E-state index contributed by atoms with van der Waals surface area (Å²) in [5.74, 6) is -0.613. The van der Waals surface area contributed by atoms with Gasteiger partial charge in [-0.05, 0) is 17.7 Å². The number of hydrogen-bond acceptors (Lipinski definition) is 4. The lowest BCUT2D eigenvalue weighted by Gasteiger charge is -2.04. The summed E-state index contributed by atoms with van der Waals surface area (Å²) in [7, 11) is 0. The highest BCUT2D eigenvalue weighted by Gasteiger charge is 2.01. The molecule has 0 aliphatic rings. The lowest BCUT2D eigenvalue weighted by Crippen LogP contribution is -2.31. The molecule has 0 saturated heterocycles. The van der Waals surface area contributed by atoms with Crippen LogP contribution in [0.2, 0.25) is 0 Å². The monoisotopic (exact) mass is 240 g/mol. The quantitative estimate of drug-likeness (QED) is 0.399. The van der Waals surface area contributed by atoms with Gasteiger partial charge in [-0.1, -0.05) is 12.1 Å². The van der Waals surface area contributed by atoms with E-state index in [4.69, 9.17) is 27.2 Å². The zero-order valence-electron chi connectivity index (χ0n) is 9.49. The van der Waals surface area contributed by atoms with Crippen LogP contribution in [0, 0.1) is 27.6 Å². The van der Waals surface area contributed by atoms with Gasteiger partial charge in [-0.25, -0.2) is 0 Å². The first-order chi connectivity index (χ1) is 8.58. The molecular formula is C12H12N6. The fraction of sp³-hybridized carbons (Fsp3) is 0. The minimum Gasteiger partial charge on any atom is -0.381 e. The fourth-order valence-electron chi connectivity index (χ4n) is 1.17. The number of benzene rings is 1. The van der Waals surface area contributed by atoms with Crippen molar-refractivity contribution in [1.82, 2.24) is 5.32 Å². The molecule has 0 saturated carbocycles. The number of nitrogens with one attached hydrogen (secondary N) is 4. The zero-order chi connectivity index (χ0) is 13.5. The smallest absolute Gasteiger partial charge is 0.164 e. The number of allylic oxidation sites excluding steroid dienone is 1. The highest BCUT2D eigenvalue weighted by Crippen LogP contribution is 2.12. The third-order valence-corrected chi connectivity index (χ3v) is 2.14. The molecule has 6 N–H and O–H groups in total. The van der Waals surface area contributed by atoms with Crippen LogP contribution in [0.5, 0.6) is 0 Å². The van der Waals surface area contributed by atoms with Crippen LogP contribution in [0.15, 0.2) is 30.5 Å². The predicted octanol–water partition coefficient (Wildman–Crippen LogP) is 1.05. The first-order valence-corrected chi connectivity index (χ1v) is 4.99. The average molecular weight is 240 g/mol. The number of nitriles is 1. The van der Waals surface area contributed by atoms with Crippen LogP contribution < -0.4 is 11.1 Å². The second-order valence-electron chi connectivity index (χ2n) is 3.37.